The third-order valence-corrected chi connectivity index (χ3v) is 3.08. The Bertz CT molecular complexity index is 483. The van der Waals surface area contributed by atoms with Crippen molar-refractivity contribution in [2.75, 3.05) is 0 Å². The van der Waals surface area contributed by atoms with Gasteiger partial charge < -0.3 is 15.6 Å². The molecule has 3 nitrogen and oxygen atoms in total. The Balaban J connectivity index is 0.00000112. The van der Waals surface area contributed by atoms with E-state index in [2.05, 4.69) is 0 Å². The fraction of sp³-hybridized carbons (Fsp3) is 0.100. The zero-order valence-electron chi connectivity index (χ0n) is 7.71. The van der Waals surface area contributed by atoms with Gasteiger partial charge in [-0.25, -0.2) is 0 Å². The van der Waals surface area contributed by atoms with E-state index in [1.807, 2.05) is 24.3 Å². The second-order valence-electron chi connectivity index (χ2n) is 2.98. The summed E-state index contributed by atoms with van der Waals surface area (Å²) >= 11 is 1.24. The quantitative estimate of drug-likeness (QED) is 0.834. The molecule has 0 aliphatic heterocycles. The van der Waals surface area contributed by atoms with Crippen molar-refractivity contribution in [3.63, 3.8) is 0 Å². The first-order valence-electron chi connectivity index (χ1n) is 4.15. The lowest BCUT2D eigenvalue weighted by atomic mass is 10.1. The number of benzene rings is 1. The lowest BCUT2D eigenvalue weighted by Crippen LogP contribution is -2.10. The van der Waals surface area contributed by atoms with Gasteiger partial charge in [-0.3, -0.25) is 0 Å². The number of nitrogens with two attached hydrogens (primary N) is 1. The summed E-state index contributed by atoms with van der Waals surface area (Å²) in [5.74, 6) is 0. The molecule has 0 saturated heterocycles. The minimum atomic E-state index is -0.744. The topological polar surface area (TPSA) is 63.3 Å². The van der Waals surface area contributed by atoms with Crippen LogP contribution < -0.4 is 5.73 Å². The number of fused-ring (bicyclic) bond motifs is 1. The molecule has 0 saturated carbocycles. The molecule has 0 amide bonds. The molecule has 15 heavy (non-hydrogen) atoms. The molecule has 1 heterocycles. The van der Waals surface area contributed by atoms with E-state index in [4.69, 9.17) is 5.73 Å². The number of aromatic hydroxyl groups is 1. The third kappa shape index (κ3) is 2.04. The van der Waals surface area contributed by atoms with Crippen molar-refractivity contribution in [1.29, 1.82) is 0 Å². The number of rotatable bonds is 2. The van der Waals surface area contributed by atoms with Gasteiger partial charge in [0.1, 0.15) is 6.29 Å². The van der Waals surface area contributed by atoms with Crippen molar-refractivity contribution in [3.05, 3.63) is 29.8 Å². The molecular formula is C10H10BrNO2S. The van der Waals surface area contributed by atoms with Crippen LogP contribution in [0.3, 0.4) is 0 Å². The van der Waals surface area contributed by atoms with Gasteiger partial charge in [-0.2, -0.15) is 0 Å². The summed E-state index contributed by atoms with van der Waals surface area (Å²) in [4.78, 5) is 10.6. The number of aldehydes is 1. The predicted octanol–water partition coefficient (Wildman–Crippen LogP) is 2.38. The molecule has 0 spiro atoms. The van der Waals surface area contributed by atoms with E-state index in [1.165, 1.54) is 11.3 Å². The average molecular weight is 288 g/mol. The van der Waals surface area contributed by atoms with Crippen LogP contribution in [0.25, 0.3) is 10.1 Å². The van der Waals surface area contributed by atoms with Crippen LogP contribution in [-0.2, 0) is 4.79 Å². The van der Waals surface area contributed by atoms with E-state index in [1.54, 1.807) is 0 Å². The van der Waals surface area contributed by atoms with Crippen molar-refractivity contribution < 1.29 is 9.90 Å². The molecule has 3 N–H and O–H groups in total. The van der Waals surface area contributed by atoms with Crippen LogP contribution in [0.15, 0.2) is 24.3 Å². The van der Waals surface area contributed by atoms with E-state index < -0.39 is 6.04 Å². The standard InChI is InChI=1S/C10H9NO2S.BrH/c11-7(5-12)9-6-3-1-2-4-8(6)14-10(9)13;/h1-5,7,13H,11H2;1H. The molecule has 1 atom stereocenters. The van der Waals surface area contributed by atoms with Crippen molar-refractivity contribution in [2.45, 2.75) is 6.04 Å². The van der Waals surface area contributed by atoms with Crippen LogP contribution in [0.2, 0.25) is 0 Å². The summed E-state index contributed by atoms with van der Waals surface area (Å²) in [5, 5.41) is 10.6. The summed E-state index contributed by atoms with van der Waals surface area (Å²) in [7, 11) is 0. The van der Waals surface area contributed by atoms with Gasteiger partial charge in [0.25, 0.3) is 0 Å². The molecule has 1 unspecified atom stereocenters. The van der Waals surface area contributed by atoms with Gasteiger partial charge >= 0.3 is 0 Å². The summed E-state index contributed by atoms with van der Waals surface area (Å²) in [6.45, 7) is 0. The zero-order valence-corrected chi connectivity index (χ0v) is 10.2. The van der Waals surface area contributed by atoms with Gasteiger partial charge in [-0.05, 0) is 6.07 Å². The van der Waals surface area contributed by atoms with Crippen LogP contribution in [-0.4, -0.2) is 11.4 Å². The molecular weight excluding hydrogens is 278 g/mol. The molecule has 1 aromatic carbocycles. The van der Waals surface area contributed by atoms with Crippen LogP contribution in [0.5, 0.6) is 5.06 Å². The van der Waals surface area contributed by atoms with Gasteiger partial charge in [-0.1, -0.05) is 29.5 Å². The highest BCUT2D eigenvalue weighted by Gasteiger charge is 2.16. The van der Waals surface area contributed by atoms with E-state index in [-0.39, 0.29) is 22.0 Å². The predicted molar refractivity (Wildman–Crippen MR) is 66.8 cm³/mol. The molecule has 0 aliphatic carbocycles. The number of hydrogen-bond donors (Lipinski definition) is 2. The molecule has 2 aromatic rings. The van der Waals surface area contributed by atoms with Gasteiger partial charge in [0.15, 0.2) is 5.06 Å². The first-order valence-corrected chi connectivity index (χ1v) is 4.97. The normalized spacial score (nSPS) is 12.1. The smallest absolute Gasteiger partial charge is 0.177 e. The largest absolute Gasteiger partial charge is 0.499 e. The Kier molecular flexibility index (Phi) is 3.84. The highest BCUT2D eigenvalue weighted by atomic mass is 79.9. The molecule has 0 bridgehead atoms. The van der Waals surface area contributed by atoms with Crippen LogP contribution in [0.1, 0.15) is 11.6 Å². The van der Waals surface area contributed by atoms with Crippen molar-refractivity contribution in [3.8, 4) is 5.06 Å². The van der Waals surface area contributed by atoms with Gasteiger partial charge in [-0.15, -0.1) is 17.0 Å². The first kappa shape index (κ1) is 12.2. The van der Waals surface area contributed by atoms with Crippen LogP contribution in [0, 0.1) is 0 Å². The lowest BCUT2D eigenvalue weighted by molar-refractivity contribution is -0.109. The van der Waals surface area contributed by atoms with Crippen LogP contribution in [0.4, 0.5) is 0 Å². The molecule has 1 aromatic heterocycles. The van der Waals surface area contributed by atoms with Crippen LogP contribution >= 0.6 is 28.3 Å². The number of hydrogen-bond acceptors (Lipinski definition) is 4. The number of thiophene rings is 1. The summed E-state index contributed by atoms with van der Waals surface area (Å²) in [5.41, 5.74) is 6.11. The lowest BCUT2D eigenvalue weighted by Gasteiger charge is -2.02. The molecule has 0 aliphatic rings. The Morgan fingerprint density at radius 2 is 2.07 bits per heavy atom. The van der Waals surface area contributed by atoms with Gasteiger partial charge in [0, 0.05) is 15.6 Å². The van der Waals surface area contributed by atoms with Gasteiger partial charge in [0.05, 0.1) is 6.04 Å². The maximum Gasteiger partial charge on any atom is 0.177 e. The molecule has 2 rings (SSSR count). The maximum atomic E-state index is 10.6. The third-order valence-electron chi connectivity index (χ3n) is 2.09. The minimum absolute atomic E-state index is 0. The number of carbonyl (C=O) groups is 1. The summed E-state index contributed by atoms with van der Waals surface area (Å²) in [6, 6.07) is 6.74. The summed E-state index contributed by atoms with van der Waals surface area (Å²) in [6.07, 6.45) is 0.633. The first-order chi connectivity index (χ1) is 6.74. The fourth-order valence-corrected chi connectivity index (χ4v) is 2.44. The van der Waals surface area contributed by atoms with Crippen molar-refractivity contribution in [1.82, 2.24) is 0 Å². The number of halogens is 1. The van der Waals surface area contributed by atoms with E-state index in [0.717, 1.165) is 10.1 Å². The Morgan fingerprint density at radius 3 is 2.73 bits per heavy atom. The molecule has 80 valence electrons. The molecule has 0 fully saturated rings. The second-order valence-corrected chi connectivity index (χ2v) is 4.01. The Hall–Kier alpha value is -0.910. The SMILES string of the molecule is Br.NC(C=O)c1c(O)sc2ccccc12. The second kappa shape index (κ2) is 4.74. The monoisotopic (exact) mass is 287 g/mol. The highest BCUT2D eigenvalue weighted by molar-refractivity contribution is 8.93. The average Bonchev–Trinajstić information content (AvgIpc) is 2.53. The summed E-state index contributed by atoms with van der Waals surface area (Å²) < 4.78 is 0.942. The minimum Gasteiger partial charge on any atom is -0.499 e. The zero-order chi connectivity index (χ0) is 10.1. The fourth-order valence-electron chi connectivity index (χ4n) is 1.44. The van der Waals surface area contributed by atoms with E-state index >= 15 is 0 Å². The van der Waals surface area contributed by atoms with Crippen molar-refractivity contribution >= 4 is 44.7 Å². The highest BCUT2D eigenvalue weighted by Crippen LogP contribution is 2.38. The van der Waals surface area contributed by atoms with E-state index in [0.29, 0.717) is 11.8 Å². The molecule has 5 heteroatoms. The maximum absolute atomic E-state index is 10.6. The molecule has 0 radical (unpaired) electrons. The van der Waals surface area contributed by atoms with Crippen molar-refractivity contribution in [2.24, 2.45) is 5.73 Å². The number of carbonyl (C=O) groups excluding carboxylic acids is 1. The van der Waals surface area contributed by atoms with Gasteiger partial charge in [0.2, 0.25) is 0 Å². The Morgan fingerprint density at radius 1 is 1.40 bits per heavy atom. The van der Waals surface area contributed by atoms with E-state index in [9.17, 15) is 9.90 Å². The Labute approximate surface area is 101 Å².